The molecule has 0 fully saturated rings. The molecule has 2 aromatic carbocycles. The molecule has 0 spiro atoms. The summed E-state index contributed by atoms with van der Waals surface area (Å²) in [6.45, 7) is 13.8. The molecule has 0 aliphatic carbocycles. The Morgan fingerprint density at radius 2 is 1.19 bits per heavy atom. The Bertz CT molecular complexity index is 583. The van der Waals surface area contributed by atoms with E-state index in [1.165, 1.54) is 22.3 Å². The van der Waals surface area contributed by atoms with E-state index in [0.29, 0.717) is 0 Å². The van der Waals surface area contributed by atoms with Crippen molar-refractivity contribution in [2.24, 2.45) is 0 Å². The quantitative estimate of drug-likeness (QED) is 0.619. The van der Waals surface area contributed by atoms with Crippen LogP contribution in [-0.4, -0.2) is 18.9 Å². The molecule has 0 N–H and O–H groups in total. The molecule has 0 aliphatic heterocycles. The van der Waals surface area contributed by atoms with E-state index in [-0.39, 0.29) is 29.7 Å². The molecule has 0 aromatic heterocycles. The van der Waals surface area contributed by atoms with Crippen LogP contribution >= 0.6 is 0 Å². The fourth-order valence-electron chi connectivity index (χ4n) is 2.84. The summed E-state index contributed by atoms with van der Waals surface area (Å²) in [5, 5.41) is 0. The van der Waals surface area contributed by atoms with Gasteiger partial charge < -0.3 is 0 Å². The first-order valence-corrected chi connectivity index (χ1v) is 7.40. The first-order valence-electron chi connectivity index (χ1n) is 7.40. The van der Waals surface area contributed by atoms with Crippen molar-refractivity contribution in [1.29, 1.82) is 0 Å². The second-order valence-electron chi connectivity index (χ2n) is 7.59. The Morgan fingerprint density at radius 1 is 0.619 bits per heavy atom. The van der Waals surface area contributed by atoms with Gasteiger partial charge in [0.1, 0.15) is 0 Å². The SMILES string of the molecule is CC(C)(C)c1cccc(-c2ccccc2)c1C(C)(C)C.[LiH]. The normalized spacial score (nSPS) is 11.9. The van der Waals surface area contributed by atoms with Crippen LogP contribution in [0.4, 0.5) is 0 Å². The molecule has 0 aliphatic rings. The molecular formula is C20H27Li. The van der Waals surface area contributed by atoms with Crippen LogP contribution in [0.3, 0.4) is 0 Å². The van der Waals surface area contributed by atoms with Crippen molar-refractivity contribution in [2.75, 3.05) is 0 Å². The Labute approximate surface area is 142 Å². The third-order valence-corrected chi connectivity index (χ3v) is 3.71. The van der Waals surface area contributed by atoms with Crippen molar-refractivity contribution in [3.05, 3.63) is 59.7 Å². The first kappa shape index (κ1) is 18.1. The third-order valence-electron chi connectivity index (χ3n) is 3.71. The molecule has 0 nitrogen and oxygen atoms in total. The Balaban J connectivity index is 0.00000220. The number of rotatable bonds is 1. The average molecular weight is 274 g/mol. The van der Waals surface area contributed by atoms with E-state index in [1.807, 2.05) is 0 Å². The second kappa shape index (κ2) is 6.43. The number of benzene rings is 2. The molecule has 0 saturated carbocycles. The molecule has 0 bridgehead atoms. The zero-order chi connectivity index (χ0) is 15.0. The van der Waals surface area contributed by atoms with Gasteiger partial charge in [0.15, 0.2) is 0 Å². The predicted molar refractivity (Wildman–Crippen MR) is 96.4 cm³/mol. The minimum atomic E-state index is 0. The zero-order valence-corrected chi connectivity index (χ0v) is 13.6. The van der Waals surface area contributed by atoms with Gasteiger partial charge >= 0.3 is 18.9 Å². The topological polar surface area (TPSA) is 0 Å². The van der Waals surface area contributed by atoms with Crippen LogP contribution in [0.2, 0.25) is 0 Å². The molecule has 0 radical (unpaired) electrons. The van der Waals surface area contributed by atoms with Gasteiger partial charge in [0.05, 0.1) is 0 Å². The Morgan fingerprint density at radius 3 is 1.67 bits per heavy atom. The van der Waals surface area contributed by atoms with Gasteiger partial charge in [-0.15, -0.1) is 0 Å². The molecule has 0 unspecified atom stereocenters. The van der Waals surface area contributed by atoms with Gasteiger partial charge in [-0.05, 0) is 33.1 Å². The number of hydrogen-bond donors (Lipinski definition) is 0. The fraction of sp³-hybridized carbons (Fsp3) is 0.400. The van der Waals surface area contributed by atoms with E-state index in [1.54, 1.807) is 0 Å². The molecule has 108 valence electrons. The van der Waals surface area contributed by atoms with E-state index >= 15 is 0 Å². The second-order valence-corrected chi connectivity index (χ2v) is 7.59. The van der Waals surface area contributed by atoms with Crippen LogP contribution in [0.25, 0.3) is 11.1 Å². The predicted octanol–water partition coefficient (Wildman–Crippen LogP) is 5.30. The zero-order valence-electron chi connectivity index (χ0n) is 13.6. The summed E-state index contributed by atoms with van der Waals surface area (Å²) in [6, 6.07) is 17.5. The van der Waals surface area contributed by atoms with Gasteiger partial charge in [-0.25, -0.2) is 0 Å². The van der Waals surface area contributed by atoms with E-state index in [0.717, 1.165) is 0 Å². The van der Waals surface area contributed by atoms with E-state index in [9.17, 15) is 0 Å². The van der Waals surface area contributed by atoms with Gasteiger partial charge in [-0.3, -0.25) is 0 Å². The molecule has 0 amide bonds. The maximum absolute atomic E-state index is 2.31. The summed E-state index contributed by atoms with van der Waals surface area (Å²) >= 11 is 0. The van der Waals surface area contributed by atoms with Crippen molar-refractivity contribution < 1.29 is 0 Å². The Kier molecular flexibility index (Phi) is 5.54. The number of hydrogen-bond acceptors (Lipinski definition) is 0. The maximum atomic E-state index is 2.31. The molecular weight excluding hydrogens is 247 g/mol. The summed E-state index contributed by atoms with van der Waals surface area (Å²) < 4.78 is 0. The van der Waals surface area contributed by atoms with Crippen molar-refractivity contribution in [3.63, 3.8) is 0 Å². The molecule has 2 aromatic rings. The third kappa shape index (κ3) is 4.03. The van der Waals surface area contributed by atoms with E-state index in [2.05, 4.69) is 90.1 Å². The molecule has 21 heavy (non-hydrogen) atoms. The summed E-state index contributed by atoms with van der Waals surface area (Å²) in [5.41, 5.74) is 5.89. The van der Waals surface area contributed by atoms with Crippen LogP contribution in [0.5, 0.6) is 0 Å². The monoisotopic (exact) mass is 274 g/mol. The van der Waals surface area contributed by atoms with Crippen molar-refractivity contribution in [3.8, 4) is 11.1 Å². The van der Waals surface area contributed by atoms with Gasteiger partial charge in [0.25, 0.3) is 0 Å². The minimum absolute atomic E-state index is 0. The van der Waals surface area contributed by atoms with Gasteiger partial charge in [-0.2, -0.15) is 0 Å². The van der Waals surface area contributed by atoms with E-state index in [4.69, 9.17) is 0 Å². The van der Waals surface area contributed by atoms with Crippen LogP contribution in [0.15, 0.2) is 48.5 Å². The van der Waals surface area contributed by atoms with Crippen LogP contribution in [0.1, 0.15) is 52.7 Å². The fourth-order valence-corrected chi connectivity index (χ4v) is 2.84. The molecule has 1 heteroatoms. The summed E-state index contributed by atoms with van der Waals surface area (Å²) in [6.07, 6.45) is 0. The van der Waals surface area contributed by atoms with Crippen molar-refractivity contribution in [1.82, 2.24) is 0 Å². The van der Waals surface area contributed by atoms with Crippen LogP contribution in [-0.2, 0) is 10.8 Å². The van der Waals surface area contributed by atoms with Crippen LogP contribution in [0, 0.1) is 0 Å². The summed E-state index contributed by atoms with van der Waals surface area (Å²) in [4.78, 5) is 0. The molecule has 0 atom stereocenters. The first-order chi connectivity index (χ1) is 9.21. The van der Waals surface area contributed by atoms with Crippen molar-refractivity contribution in [2.45, 2.75) is 52.4 Å². The van der Waals surface area contributed by atoms with Gasteiger partial charge in [0, 0.05) is 0 Å². The molecule has 0 saturated heterocycles. The Hall–Kier alpha value is -0.963. The summed E-state index contributed by atoms with van der Waals surface area (Å²) in [5.74, 6) is 0. The molecule has 0 heterocycles. The van der Waals surface area contributed by atoms with Crippen LogP contribution < -0.4 is 0 Å². The van der Waals surface area contributed by atoms with Gasteiger partial charge in [-0.1, -0.05) is 90.1 Å². The average Bonchev–Trinajstić information content (AvgIpc) is 2.37. The van der Waals surface area contributed by atoms with Gasteiger partial charge in [0.2, 0.25) is 0 Å². The molecule has 2 rings (SSSR count). The standard InChI is InChI=1S/C20H26.Li.H/c1-19(2,3)17-14-10-13-16(18(17)20(4,5)6)15-11-8-7-9-12-15;;/h7-14H,1-6H3;;. The summed E-state index contributed by atoms with van der Waals surface area (Å²) in [7, 11) is 0. The van der Waals surface area contributed by atoms with E-state index < -0.39 is 0 Å². The van der Waals surface area contributed by atoms with Crippen molar-refractivity contribution >= 4 is 18.9 Å².